The van der Waals surface area contributed by atoms with Crippen molar-refractivity contribution in [3.63, 3.8) is 0 Å². The van der Waals surface area contributed by atoms with Crippen molar-refractivity contribution in [2.24, 2.45) is 28.6 Å². The molecule has 4 saturated carbocycles. The maximum atomic E-state index is 9.15. The van der Waals surface area contributed by atoms with Crippen molar-refractivity contribution in [1.82, 2.24) is 5.32 Å². The van der Waals surface area contributed by atoms with Gasteiger partial charge in [-0.15, -0.1) is 0 Å². The molecular formula is C17H28N2. The third-order valence-corrected chi connectivity index (χ3v) is 6.16. The molecule has 4 bridgehead atoms. The van der Waals surface area contributed by atoms with Gasteiger partial charge in [0, 0.05) is 12.6 Å². The zero-order chi connectivity index (χ0) is 13.7. The summed E-state index contributed by atoms with van der Waals surface area (Å²) in [6, 6.07) is 2.99. The molecule has 4 fully saturated rings. The second kappa shape index (κ2) is 4.48. The third kappa shape index (κ3) is 2.42. The summed E-state index contributed by atoms with van der Waals surface area (Å²) in [5.74, 6) is 3.04. The highest BCUT2D eigenvalue weighted by atomic mass is 14.9. The second-order valence-corrected chi connectivity index (χ2v) is 8.38. The number of nitriles is 1. The van der Waals surface area contributed by atoms with Gasteiger partial charge in [-0.05, 0) is 82.5 Å². The Balaban J connectivity index is 1.66. The first kappa shape index (κ1) is 13.4. The molecule has 106 valence electrons. The van der Waals surface area contributed by atoms with Crippen molar-refractivity contribution in [3.8, 4) is 6.07 Å². The first-order chi connectivity index (χ1) is 8.92. The van der Waals surface area contributed by atoms with Crippen LogP contribution < -0.4 is 5.32 Å². The molecule has 4 rings (SSSR count). The van der Waals surface area contributed by atoms with E-state index >= 15 is 0 Å². The predicted molar refractivity (Wildman–Crippen MR) is 77.5 cm³/mol. The average Bonchev–Trinajstić information content (AvgIpc) is 2.34. The average molecular weight is 260 g/mol. The summed E-state index contributed by atoms with van der Waals surface area (Å²) in [6.45, 7) is 7.27. The standard InChI is InChI=1S/C17H28N2/c1-12(19-11-16(2,3)10-18)17-7-13-4-14(8-17)6-15(5-13)9-17/h12-15,19H,4-9,11H2,1-3H3. The Labute approximate surface area is 118 Å². The fourth-order valence-corrected chi connectivity index (χ4v) is 5.37. The molecule has 1 unspecified atom stereocenters. The molecule has 0 aliphatic heterocycles. The Kier molecular flexibility index (Phi) is 3.17. The van der Waals surface area contributed by atoms with Crippen LogP contribution in [-0.4, -0.2) is 12.6 Å². The topological polar surface area (TPSA) is 35.8 Å². The van der Waals surface area contributed by atoms with Gasteiger partial charge in [-0.3, -0.25) is 0 Å². The van der Waals surface area contributed by atoms with Gasteiger partial charge in [0.15, 0.2) is 0 Å². The quantitative estimate of drug-likeness (QED) is 0.836. The largest absolute Gasteiger partial charge is 0.312 e. The van der Waals surface area contributed by atoms with E-state index in [9.17, 15) is 0 Å². The molecule has 2 heteroatoms. The fourth-order valence-electron chi connectivity index (χ4n) is 5.37. The van der Waals surface area contributed by atoms with Crippen molar-refractivity contribution >= 4 is 0 Å². The molecule has 0 saturated heterocycles. The summed E-state index contributed by atoms with van der Waals surface area (Å²) < 4.78 is 0. The van der Waals surface area contributed by atoms with E-state index < -0.39 is 0 Å². The van der Waals surface area contributed by atoms with Gasteiger partial charge in [0.05, 0.1) is 11.5 Å². The van der Waals surface area contributed by atoms with E-state index in [4.69, 9.17) is 5.26 Å². The minimum absolute atomic E-state index is 0.240. The van der Waals surface area contributed by atoms with Crippen LogP contribution >= 0.6 is 0 Å². The normalized spacial score (nSPS) is 42.1. The minimum atomic E-state index is -0.240. The van der Waals surface area contributed by atoms with E-state index in [1.807, 2.05) is 13.8 Å². The molecule has 0 aromatic rings. The molecule has 4 aliphatic rings. The lowest BCUT2D eigenvalue weighted by atomic mass is 9.48. The Morgan fingerprint density at radius 3 is 2.05 bits per heavy atom. The van der Waals surface area contributed by atoms with Gasteiger partial charge in [-0.1, -0.05) is 0 Å². The molecule has 1 atom stereocenters. The van der Waals surface area contributed by atoms with Crippen LogP contribution in [-0.2, 0) is 0 Å². The Morgan fingerprint density at radius 1 is 1.16 bits per heavy atom. The monoisotopic (exact) mass is 260 g/mol. The first-order valence-electron chi connectivity index (χ1n) is 8.07. The summed E-state index contributed by atoms with van der Waals surface area (Å²) in [5.41, 5.74) is 0.316. The molecule has 0 amide bonds. The summed E-state index contributed by atoms with van der Waals surface area (Å²) in [6.07, 6.45) is 8.86. The van der Waals surface area contributed by atoms with Crippen molar-refractivity contribution in [1.29, 1.82) is 5.26 Å². The molecule has 19 heavy (non-hydrogen) atoms. The fraction of sp³-hybridized carbons (Fsp3) is 0.941. The zero-order valence-electron chi connectivity index (χ0n) is 12.7. The molecule has 0 aromatic heterocycles. The Bertz CT molecular complexity index is 355. The van der Waals surface area contributed by atoms with E-state index in [-0.39, 0.29) is 5.41 Å². The van der Waals surface area contributed by atoms with Crippen LogP contribution in [0.2, 0.25) is 0 Å². The van der Waals surface area contributed by atoms with Gasteiger partial charge in [-0.25, -0.2) is 0 Å². The van der Waals surface area contributed by atoms with Crippen molar-refractivity contribution in [3.05, 3.63) is 0 Å². The highest BCUT2D eigenvalue weighted by Gasteiger charge is 2.53. The van der Waals surface area contributed by atoms with Crippen LogP contribution in [0.3, 0.4) is 0 Å². The van der Waals surface area contributed by atoms with Crippen molar-refractivity contribution < 1.29 is 0 Å². The maximum Gasteiger partial charge on any atom is 0.0697 e. The molecule has 2 nitrogen and oxygen atoms in total. The van der Waals surface area contributed by atoms with Gasteiger partial charge < -0.3 is 5.32 Å². The molecule has 0 radical (unpaired) electrons. The molecule has 0 aromatic carbocycles. The lowest BCUT2D eigenvalue weighted by molar-refractivity contribution is -0.0710. The summed E-state index contributed by atoms with van der Waals surface area (Å²) in [7, 11) is 0. The van der Waals surface area contributed by atoms with E-state index in [1.165, 1.54) is 38.5 Å². The van der Waals surface area contributed by atoms with Gasteiger partial charge >= 0.3 is 0 Å². The highest BCUT2D eigenvalue weighted by Crippen LogP contribution is 2.61. The molecule has 0 spiro atoms. The third-order valence-electron chi connectivity index (χ3n) is 6.16. The van der Waals surface area contributed by atoms with Gasteiger partial charge in [0.2, 0.25) is 0 Å². The Morgan fingerprint density at radius 2 is 1.63 bits per heavy atom. The Hall–Kier alpha value is -0.550. The minimum Gasteiger partial charge on any atom is -0.312 e. The smallest absolute Gasteiger partial charge is 0.0697 e. The van der Waals surface area contributed by atoms with E-state index in [1.54, 1.807) is 0 Å². The molecule has 1 N–H and O–H groups in total. The lowest BCUT2D eigenvalue weighted by Crippen LogP contribution is -2.55. The van der Waals surface area contributed by atoms with Gasteiger partial charge in [-0.2, -0.15) is 5.26 Å². The van der Waals surface area contributed by atoms with Crippen LogP contribution in [0, 0.1) is 39.9 Å². The summed E-state index contributed by atoms with van der Waals surface area (Å²) >= 11 is 0. The van der Waals surface area contributed by atoms with E-state index in [0.29, 0.717) is 11.5 Å². The number of hydrogen-bond acceptors (Lipinski definition) is 2. The van der Waals surface area contributed by atoms with E-state index in [0.717, 1.165) is 24.3 Å². The van der Waals surface area contributed by atoms with Gasteiger partial charge in [0.25, 0.3) is 0 Å². The maximum absolute atomic E-state index is 9.15. The van der Waals surface area contributed by atoms with Gasteiger partial charge in [0.1, 0.15) is 0 Å². The van der Waals surface area contributed by atoms with Crippen molar-refractivity contribution in [2.75, 3.05) is 6.54 Å². The summed E-state index contributed by atoms with van der Waals surface area (Å²) in [4.78, 5) is 0. The second-order valence-electron chi connectivity index (χ2n) is 8.38. The number of nitrogens with one attached hydrogen (secondary N) is 1. The number of hydrogen-bond donors (Lipinski definition) is 1. The summed E-state index contributed by atoms with van der Waals surface area (Å²) in [5, 5.41) is 12.9. The first-order valence-corrected chi connectivity index (χ1v) is 8.07. The highest BCUT2D eigenvalue weighted by molar-refractivity contribution is 5.06. The lowest BCUT2D eigenvalue weighted by Gasteiger charge is -2.59. The molecule has 4 aliphatic carbocycles. The number of rotatable bonds is 4. The van der Waals surface area contributed by atoms with Crippen LogP contribution in [0.1, 0.15) is 59.3 Å². The number of nitrogens with zero attached hydrogens (tertiary/aromatic N) is 1. The SMILES string of the molecule is CC(NCC(C)(C)C#N)C12CC3CC(CC(C3)C1)C2. The van der Waals surface area contributed by atoms with Crippen LogP contribution in [0.25, 0.3) is 0 Å². The molecular weight excluding hydrogens is 232 g/mol. The van der Waals surface area contributed by atoms with Crippen LogP contribution in [0.5, 0.6) is 0 Å². The van der Waals surface area contributed by atoms with Crippen LogP contribution in [0.15, 0.2) is 0 Å². The molecule has 0 heterocycles. The van der Waals surface area contributed by atoms with Crippen LogP contribution in [0.4, 0.5) is 0 Å². The zero-order valence-corrected chi connectivity index (χ0v) is 12.7. The van der Waals surface area contributed by atoms with E-state index in [2.05, 4.69) is 18.3 Å². The van der Waals surface area contributed by atoms with Crippen molar-refractivity contribution in [2.45, 2.75) is 65.3 Å². The predicted octanol–water partition coefficient (Wildman–Crippen LogP) is 3.73.